The number of halogens is 1. The van der Waals surface area contributed by atoms with E-state index in [1.54, 1.807) is 31.5 Å². The Labute approximate surface area is 208 Å². The maximum absolute atomic E-state index is 12.7. The Hall–Kier alpha value is -3.34. The Morgan fingerprint density at radius 2 is 2.09 bits per heavy atom. The maximum Gasteiger partial charge on any atom is 0.268 e. The molecule has 1 aromatic heterocycles. The monoisotopic (exact) mass is 495 g/mol. The van der Waals surface area contributed by atoms with Gasteiger partial charge in [0.15, 0.2) is 16.6 Å². The Kier molecular flexibility index (Phi) is 9.08. The summed E-state index contributed by atoms with van der Waals surface area (Å²) >= 11 is 7.56. The van der Waals surface area contributed by atoms with E-state index in [0.717, 1.165) is 33.9 Å². The fourth-order valence-electron chi connectivity index (χ4n) is 3.09. The fourth-order valence-corrected chi connectivity index (χ4v) is 4.14. The molecule has 0 aliphatic rings. The van der Waals surface area contributed by atoms with Crippen LogP contribution in [0.3, 0.4) is 0 Å². The third-order valence-corrected chi connectivity index (χ3v) is 6.33. The van der Waals surface area contributed by atoms with Crippen molar-refractivity contribution in [3.8, 4) is 17.6 Å². The molecule has 0 fully saturated rings. The maximum atomic E-state index is 12.7. The van der Waals surface area contributed by atoms with Crippen LogP contribution in [0, 0.1) is 18.3 Å². The van der Waals surface area contributed by atoms with Crippen LogP contribution >= 0.6 is 22.9 Å². The quantitative estimate of drug-likeness (QED) is 0.199. The van der Waals surface area contributed by atoms with Crippen molar-refractivity contribution in [3.63, 3.8) is 0 Å². The fraction of sp³-hybridized carbons (Fsp3) is 0.269. The number of aromatic nitrogens is 1. The van der Waals surface area contributed by atoms with Crippen molar-refractivity contribution in [1.82, 2.24) is 4.98 Å². The molecule has 0 spiro atoms. The lowest BCUT2D eigenvalue weighted by Crippen LogP contribution is -2.13. The number of methoxy groups -OCH3 is 1. The van der Waals surface area contributed by atoms with Gasteiger partial charge in [0.25, 0.3) is 5.91 Å². The Balaban J connectivity index is 1.69. The minimum Gasteiger partial charge on any atom is -0.493 e. The number of nitrogens with zero attached hydrogens (tertiary/aromatic N) is 2. The molecule has 3 rings (SSSR count). The Morgan fingerprint density at radius 3 is 2.79 bits per heavy atom. The van der Waals surface area contributed by atoms with Crippen LogP contribution < -0.4 is 14.8 Å². The molecule has 0 aliphatic heterocycles. The minimum absolute atomic E-state index is 0.0382. The topological polar surface area (TPSA) is 84.2 Å². The molecule has 6 nitrogen and oxygen atoms in total. The highest BCUT2D eigenvalue weighted by Gasteiger charge is 2.13. The summed E-state index contributed by atoms with van der Waals surface area (Å²) in [6, 6.07) is 13.2. The number of rotatable bonds is 10. The van der Waals surface area contributed by atoms with E-state index in [0.29, 0.717) is 35.2 Å². The number of benzene rings is 2. The van der Waals surface area contributed by atoms with Crippen LogP contribution in [0.4, 0.5) is 5.13 Å². The van der Waals surface area contributed by atoms with E-state index < -0.39 is 5.91 Å². The van der Waals surface area contributed by atoms with Crippen molar-refractivity contribution in [1.29, 1.82) is 5.26 Å². The lowest BCUT2D eigenvalue weighted by atomic mass is 10.1. The van der Waals surface area contributed by atoms with Gasteiger partial charge in [0.2, 0.25) is 0 Å². The van der Waals surface area contributed by atoms with E-state index in [1.165, 1.54) is 17.4 Å². The predicted octanol–water partition coefficient (Wildman–Crippen LogP) is 6.43. The van der Waals surface area contributed by atoms with Gasteiger partial charge in [-0.1, -0.05) is 43.1 Å². The highest BCUT2D eigenvalue weighted by Crippen LogP contribution is 2.29. The molecule has 2 aromatic carbocycles. The van der Waals surface area contributed by atoms with Crippen molar-refractivity contribution in [3.05, 3.63) is 74.8 Å². The molecule has 0 radical (unpaired) electrons. The highest BCUT2D eigenvalue weighted by molar-refractivity contribution is 7.15. The third kappa shape index (κ3) is 6.83. The Morgan fingerprint density at radius 1 is 1.26 bits per heavy atom. The van der Waals surface area contributed by atoms with Gasteiger partial charge in [-0.15, -0.1) is 11.3 Å². The van der Waals surface area contributed by atoms with Gasteiger partial charge in [-0.25, -0.2) is 4.98 Å². The summed E-state index contributed by atoms with van der Waals surface area (Å²) in [6.07, 6.45) is 5.86. The molecule has 34 heavy (non-hydrogen) atoms. The summed E-state index contributed by atoms with van der Waals surface area (Å²) in [6.45, 7) is 4.65. The average molecular weight is 496 g/mol. The minimum atomic E-state index is -0.524. The molecule has 0 saturated carbocycles. The molecule has 0 saturated heterocycles. The molecule has 8 heteroatoms. The van der Waals surface area contributed by atoms with E-state index >= 15 is 0 Å². The van der Waals surface area contributed by atoms with Gasteiger partial charge in [-0.2, -0.15) is 5.26 Å². The SMILES string of the molecule is CCCCOc1ccc(C=C(C#N)C(=O)Nc2ncc(Cc3ccc(C)c(Cl)c3)s2)cc1OC. The first kappa shape index (κ1) is 25.3. The number of amides is 1. The predicted molar refractivity (Wildman–Crippen MR) is 137 cm³/mol. The lowest BCUT2D eigenvalue weighted by Gasteiger charge is -2.11. The summed E-state index contributed by atoms with van der Waals surface area (Å²) < 4.78 is 11.1. The summed E-state index contributed by atoms with van der Waals surface area (Å²) in [7, 11) is 1.55. The second kappa shape index (κ2) is 12.2. The number of nitriles is 1. The van der Waals surface area contributed by atoms with Crippen LogP contribution in [0.2, 0.25) is 5.02 Å². The number of thiazole rings is 1. The van der Waals surface area contributed by atoms with Gasteiger partial charge in [-0.3, -0.25) is 10.1 Å². The first-order chi connectivity index (χ1) is 16.4. The van der Waals surface area contributed by atoms with Crippen molar-refractivity contribution in [2.24, 2.45) is 0 Å². The number of hydrogen-bond donors (Lipinski definition) is 1. The normalized spacial score (nSPS) is 11.1. The molecule has 1 N–H and O–H groups in total. The summed E-state index contributed by atoms with van der Waals surface area (Å²) in [5, 5.41) is 13.4. The van der Waals surface area contributed by atoms with Crippen molar-refractivity contribution >= 4 is 40.1 Å². The van der Waals surface area contributed by atoms with E-state index in [-0.39, 0.29) is 5.57 Å². The van der Waals surface area contributed by atoms with Crippen LogP contribution in [-0.4, -0.2) is 24.6 Å². The molecule has 3 aromatic rings. The zero-order valence-electron chi connectivity index (χ0n) is 19.4. The molecule has 0 bridgehead atoms. The molecule has 0 atom stereocenters. The molecule has 1 heterocycles. The molecule has 0 unspecified atom stereocenters. The number of aryl methyl sites for hydroxylation is 1. The molecular formula is C26H26ClN3O3S. The molecule has 0 aliphatic carbocycles. The number of nitrogens with one attached hydrogen (secondary N) is 1. The number of carbonyl (C=O) groups is 1. The van der Waals surface area contributed by atoms with Crippen LogP contribution in [0.5, 0.6) is 11.5 Å². The van der Waals surface area contributed by atoms with Crippen molar-refractivity contribution in [2.45, 2.75) is 33.1 Å². The zero-order valence-corrected chi connectivity index (χ0v) is 20.9. The van der Waals surface area contributed by atoms with Crippen LogP contribution in [-0.2, 0) is 11.2 Å². The third-order valence-electron chi connectivity index (χ3n) is 5.01. The van der Waals surface area contributed by atoms with Gasteiger partial charge >= 0.3 is 0 Å². The van der Waals surface area contributed by atoms with Crippen molar-refractivity contribution < 1.29 is 14.3 Å². The Bertz CT molecular complexity index is 1230. The van der Waals surface area contributed by atoms with Crippen molar-refractivity contribution in [2.75, 3.05) is 19.0 Å². The number of unbranched alkanes of at least 4 members (excludes halogenated alkanes) is 1. The van der Waals surface area contributed by atoms with Crippen LogP contribution in [0.15, 0.2) is 48.2 Å². The zero-order chi connectivity index (χ0) is 24.5. The van der Waals surface area contributed by atoms with E-state index in [4.69, 9.17) is 21.1 Å². The summed E-state index contributed by atoms with van der Waals surface area (Å²) in [4.78, 5) is 17.9. The number of anilines is 1. The first-order valence-electron chi connectivity index (χ1n) is 10.9. The second-order valence-electron chi connectivity index (χ2n) is 7.63. The number of hydrogen-bond acceptors (Lipinski definition) is 6. The standard InChI is InChI=1S/C26H26ClN3O3S/c1-4-5-10-33-23-9-8-18(14-24(23)32-3)11-20(15-28)25(31)30-26-29-16-21(34-26)12-19-7-6-17(2)22(27)13-19/h6-9,11,13-14,16H,4-5,10,12H2,1-3H3,(H,29,30,31). The molecule has 176 valence electrons. The van der Waals surface area contributed by atoms with Gasteiger partial charge < -0.3 is 9.47 Å². The second-order valence-corrected chi connectivity index (χ2v) is 9.15. The van der Waals surface area contributed by atoms with E-state index in [2.05, 4.69) is 17.2 Å². The highest BCUT2D eigenvalue weighted by atomic mass is 35.5. The summed E-state index contributed by atoms with van der Waals surface area (Å²) in [5.41, 5.74) is 2.70. The number of carbonyl (C=O) groups excluding carboxylic acids is 1. The summed E-state index contributed by atoms with van der Waals surface area (Å²) in [5.74, 6) is 0.647. The molecular weight excluding hydrogens is 470 g/mol. The lowest BCUT2D eigenvalue weighted by molar-refractivity contribution is -0.112. The van der Waals surface area contributed by atoms with Gasteiger partial charge in [0, 0.05) is 22.5 Å². The van der Waals surface area contributed by atoms with E-state index in [9.17, 15) is 10.1 Å². The largest absolute Gasteiger partial charge is 0.493 e. The van der Waals surface area contributed by atoms with Gasteiger partial charge in [0.1, 0.15) is 11.6 Å². The van der Waals surface area contributed by atoms with Crippen LogP contribution in [0.1, 0.15) is 41.3 Å². The average Bonchev–Trinajstić information content (AvgIpc) is 3.27. The van der Waals surface area contributed by atoms with Gasteiger partial charge in [0.05, 0.1) is 13.7 Å². The van der Waals surface area contributed by atoms with Crippen LogP contribution in [0.25, 0.3) is 6.08 Å². The van der Waals surface area contributed by atoms with Gasteiger partial charge in [-0.05, 0) is 54.3 Å². The number of ether oxygens (including phenoxy) is 2. The smallest absolute Gasteiger partial charge is 0.268 e. The first-order valence-corrected chi connectivity index (χ1v) is 12.1. The molecule has 1 amide bonds. The van der Waals surface area contributed by atoms with E-state index in [1.807, 2.05) is 31.2 Å².